The van der Waals surface area contributed by atoms with Gasteiger partial charge in [0.2, 0.25) is 0 Å². The topological polar surface area (TPSA) is 55.3 Å². The quantitative estimate of drug-likeness (QED) is 0.421. The van der Waals surface area contributed by atoms with E-state index < -0.39 is 0 Å². The minimum Gasteiger partial charge on any atom is -0.494 e. The van der Waals surface area contributed by atoms with E-state index in [0.717, 1.165) is 83.3 Å². The largest absolute Gasteiger partial charge is 0.494 e. The zero-order valence-electron chi connectivity index (χ0n) is 17.4. The van der Waals surface area contributed by atoms with E-state index in [4.69, 9.17) is 14.2 Å². The Labute approximate surface area is 169 Å². The summed E-state index contributed by atoms with van der Waals surface area (Å²) >= 11 is 0. The summed E-state index contributed by atoms with van der Waals surface area (Å²) in [5.41, 5.74) is 1.30. The molecule has 3 rings (SSSR count). The Morgan fingerprint density at radius 1 is 1.21 bits per heavy atom. The van der Waals surface area contributed by atoms with E-state index in [0.29, 0.717) is 0 Å². The summed E-state index contributed by atoms with van der Waals surface area (Å²) in [5.74, 6) is 1.90. The number of aliphatic imine (C=N–C) groups is 1. The van der Waals surface area contributed by atoms with Gasteiger partial charge in [0.05, 0.1) is 19.3 Å². The van der Waals surface area contributed by atoms with Crippen LogP contribution in [0.2, 0.25) is 0 Å². The molecule has 2 atom stereocenters. The lowest BCUT2D eigenvalue weighted by Gasteiger charge is -2.37. The first-order chi connectivity index (χ1) is 13.8. The van der Waals surface area contributed by atoms with Crippen molar-refractivity contribution in [1.82, 2.24) is 10.2 Å². The number of morpholine rings is 1. The molecule has 28 heavy (non-hydrogen) atoms. The van der Waals surface area contributed by atoms with Gasteiger partial charge in [-0.3, -0.25) is 4.99 Å². The summed E-state index contributed by atoms with van der Waals surface area (Å²) < 4.78 is 17.5. The normalized spacial score (nSPS) is 23.1. The van der Waals surface area contributed by atoms with Crippen molar-refractivity contribution in [2.45, 2.75) is 51.2 Å². The summed E-state index contributed by atoms with van der Waals surface area (Å²) in [7, 11) is 1.85. The van der Waals surface area contributed by atoms with Crippen LogP contribution in [0.25, 0.3) is 0 Å². The number of unbranched alkanes of at least 4 members (excludes halogenated alkanes) is 1. The maximum Gasteiger partial charge on any atom is 0.193 e. The molecule has 0 bridgehead atoms. The van der Waals surface area contributed by atoms with Gasteiger partial charge in [0.25, 0.3) is 0 Å². The fourth-order valence-electron chi connectivity index (χ4n) is 3.73. The third-order valence-electron chi connectivity index (χ3n) is 5.37. The molecule has 0 aliphatic carbocycles. The first kappa shape index (κ1) is 20.9. The van der Waals surface area contributed by atoms with Crippen LogP contribution < -0.4 is 10.1 Å². The minimum atomic E-state index is 0.148. The van der Waals surface area contributed by atoms with Gasteiger partial charge >= 0.3 is 0 Å². The molecule has 2 heterocycles. The van der Waals surface area contributed by atoms with Gasteiger partial charge in [-0.15, -0.1) is 0 Å². The molecule has 0 radical (unpaired) electrons. The average Bonchev–Trinajstić information content (AvgIpc) is 3.28. The molecule has 2 unspecified atom stereocenters. The van der Waals surface area contributed by atoms with Crippen LogP contribution in [0.5, 0.6) is 5.75 Å². The molecule has 0 amide bonds. The maximum absolute atomic E-state index is 5.95. The van der Waals surface area contributed by atoms with Crippen molar-refractivity contribution in [1.29, 1.82) is 0 Å². The highest BCUT2D eigenvalue weighted by molar-refractivity contribution is 5.80. The summed E-state index contributed by atoms with van der Waals surface area (Å²) in [5, 5.41) is 3.50. The minimum absolute atomic E-state index is 0.148. The molecule has 0 spiro atoms. The van der Waals surface area contributed by atoms with Gasteiger partial charge in [0, 0.05) is 33.3 Å². The zero-order valence-corrected chi connectivity index (χ0v) is 17.4. The molecule has 2 aliphatic rings. The smallest absolute Gasteiger partial charge is 0.193 e. The molecule has 156 valence electrons. The lowest BCUT2D eigenvalue weighted by Crippen LogP contribution is -2.53. The molecular formula is C22H35N3O3. The van der Waals surface area contributed by atoms with Crippen molar-refractivity contribution >= 4 is 5.96 Å². The van der Waals surface area contributed by atoms with Gasteiger partial charge in [0.15, 0.2) is 5.96 Å². The van der Waals surface area contributed by atoms with Crippen molar-refractivity contribution in [2.75, 3.05) is 46.5 Å². The molecule has 1 aromatic carbocycles. The Hall–Kier alpha value is -1.79. The Morgan fingerprint density at radius 3 is 2.75 bits per heavy atom. The highest BCUT2D eigenvalue weighted by Gasteiger charge is 2.32. The van der Waals surface area contributed by atoms with Crippen LogP contribution in [-0.4, -0.2) is 69.6 Å². The first-order valence-electron chi connectivity index (χ1n) is 10.7. The number of benzene rings is 1. The number of hydrogen-bond acceptors (Lipinski definition) is 4. The number of nitrogens with one attached hydrogen (secondary N) is 1. The van der Waals surface area contributed by atoms with Gasteiger partial charge in [-0.05, 0) is 43.4 Å². The van der Waals surface area contributed by atoms with E-state index in [1.54, 1.807) is 0 Å². The van der Waals surface area contributed by atoms with Crippen LogP contribution >= 0.6 is 0 Å². The van der Waals surface area contributed by atoms with Gasteiger partial charge in [0.1, 0.15) is 11.9 Å². The monoisotopic (exact) mass is 389 g/mol. The van der Waals surface area contributed by atoms with E-state index in [9.17, 15) is 0 Å². The van der Waals surface area contributed by atoms with Crippen LogP contribution in [0.4, 0.5) is 0 Å². The second kappa shape index (κ2) is 11.3. The lowest BCUT2D eigenvalue weighted by atomic mass is 10.1. The van der Waals surface area contributed by atoms with E-state index in [1.807, 2.05) is 7.05 Å². The fourth-order valence-corrected chi connectivity index (χ4v) is 3.73. The van der Waals surface area contributed by atoms with Crippen molar-refractivity contribution in [3.8, 4) is 5.75 Å². The zero-order chi connectivity index (χ0) is 19.6. The highest BCUT2D eigenvalue weighted by atomic mass is 16.5. The average molecular weight is 390 g/mol. The second-order valence-corrected chi connectivity index (χ2v) is 7.48. The van der Waals surface area contributed by atoms with Gasteiger partial charge in [-0.25, -0.2) is 0 Å². The van der Waals surface area contributed by atoms with Crippen molar-refractivity contribution in [3.05, 3.63) is 29.8 Å². The molecule has 2 fully saturated rings. The molecular weight excluding hydrogens is 354 g/mol. The van der Waals surface area contributed by atoms with Crippen molar-refractivity contribution in [3.63, 3.8) is 0 Å². The third kappa shape index (κ3) is 6.11. The summed E-state index contributed by atoms with van der Waals surface area (Å²) in [6.45, 7) is 7.11. The summed E-state index contributed by atoms with van der Waals surface area (Å²) in [6.07, 6.45) is 5.83. The predicted octanol–water partition coefficient (Wildman–Crippen LogP) is 2.86. The number of rotatable bonds is 8. The van der Waals surface area contributed by atoms with Crippen LogP contribution in [0.15, 0.2) is 29.3 Å². The SMILES string of the molecule is CCCCOc1ccc(CCNC(=NC)N2CCOC(C3CCCO3)C2)cc1. The van der Waals surface area contributed by atoms with Crippen LogP contribution in [0.1, 0.15) is 38.2 Å². The standard InChI is InChI=1S/C22H35N3O3/c1-3-4-14-26-19-9-7-18(8-10-19)11-12-24-22(23-2)25-13-16-28-21(17-25)20-6-5-15-27-20/h7-10,20-21H,3-6,11-17H2,1-2H3,(H,23,24). The Kier molecular flexibility index (Phi) is 8.42. The molecule has 2 saturated heterocycles. The fraction of sp³-hybridized carbons (Fsp3) is 0.682. The lowest BCUT2D eigenvalue weighted by molar-refractivity contribution is -0.0816. The van der Waals surface area contributed by atoms with Gasteiger partial charge < -0.3 is 24.4 Å². The highest BCUT2D eigenvalue weighted by Crippen LogP contribution is 2.21. The predicted molar refractivity (Wildman–Crippen MR) is 112 cm³/mol. The molecule has 2 aliphatic heterocycles. The van der Waals surface area contributed by atoms with Crippen molar-refractivity contribution < 1.29 is 14.2 Å². The number of ether oxygens (including phenoxy) is 3. The van der Waals surface area contributed by atoms with E-state index in [1.165, 1.54) is 5.56 Å². The number of hydrogen-bond donors (Lipinski definition) is 1. The van der Waals surface area contributed by atoms with E-state index >= 15 is 0 Å². The molecule has 6 nitrogen and oxygen atoms in total. The third-order valence-corrected chi connectivity index (χ3v) is 5.37. The molecule has 1 N–H and O–H groups in total. The number of guanidine groups is 1. The second-order valence-electron chi connectivity index (χ2n) is 7.48. The summed E-state index contributed by atoms with van der Waals surface area (Å²) in [4.78, 5) is 6.77. The van der Waals surface area contributed by atoms with Gasteiger partial charge in [-0.1, -0.05) is 25.5 Å². The Bertz CT molecular complexity index is 600. The molecule has 0 saturated carbocycles. The van der Waals surface area contributed by atoms with Crippen molar-refractivity contribution in [2.24, 2.45) is 4.99 Å². The first-order valence-corrected chi connectivity index (χ1v) is 10.7. The van der Waals surface area contributed by atoms with E-state index in [2.05, 4.69) is 46.4 Å². The Balaban J connectivity index is 1.42. The summed E-state index contributed by atoms with van der Waals surface area (Å²) in [6, 6.07) is 8.42. The van der Waals surface area contributed by atoms with Crippen LogP contribution in [0.3, 0.4) is 0 Å². The molecule has 1 aromatic rings. The van der Waals surface area contributed by atoms with E-state index in [-0.39, 0.29) is 12.2 Å². The Morgan fingerprint density at radius 2 is 2.04 bits per heavy atom. The van der Waals surface area contributed by atoms with Crippen LogP contribution in [0, 0.1) is 0 Å². The van der Waals surface area contributed by atoms with Gasteiger partial charge in [-0.2, -0.15) is 0 Å². The number of nitrogens with zero attached hydrogens (tertiary/aromatic N) is 2. The molecule has 0 aromatic heterocycles. The maximum atomic E-state index is 5.95. The van der Waals surface area contributed by atoms with Crippen LogP contribution in [-0.2, 0) is 15.9 Å². The molecule has 6 heteroatoms.